The van der Waals surface area contributed by atoms with Gasteiger partial charge in [-0.2, -0.15) is 4.31 Å². The molecule has 1 saturated heterocycles. The first-order valence-corrected chi connectivity index (χ1v) is 13.2. The highest BCUT2D eigenvalue weighted by molar-refractivity contribution is 7.89. The van der Waals surface area contributed by atoms with Crippen LogP contribution in [0.15, 0.2) is 47.4 Å². The Morgan fingerprint density at radius 3 is 2.00 bits per heavy atom. The topological polar surface area (TPSA) is 57.7 Å². The Kier molecular flexibility index (Phi) is 4.48. The lowest BCUT2D eigenvalue weighted by atomic mass is 9.49. The van der Waals surface area contributed by atoms with Gasteiger partial charge in [-0.25, -0.2) is 8.42 Å². The number of benzene rings is 2. The second-order valence-electron chi connectivity index (χ2n) is 10.4. The van der Waals surface area contributed by atoms with Crippen molar-refractivity contribution in [1.29, 1.82) is 0 Å². The zero-order valence-electron chi connectivity index (χ0n) is 17.9. The highest BCUT2D eigenvalue weighted by Gasteiger charge is 2.55. The molecule has 5 aliphatic rings. The Labute approximate surface area is 184 Å². The molecule has 31 heavy (non-hydrogen) atoms. The minimum atomic E-state index is -3.55. The molecule has 1 heterocycles. The van der Waals surface area contributed by atoms with Crippen LogP contribution in [0.1, 0.15) is 38.5 Å². The van der Waals surface area contributed by atoms with Crippen LogP contribution in [0.5, 0.6) is 0 Å². The highest BCUT2D eigenvalue weighted by atomic mass is 32.2. The predicted molar refractivity (Wildman–Crippen MR) is 120 cm³/mol. The summed E-state index contributed by atoms with van der Waals surface area (Å²) < 4.78 is 28.1. The van der Waals surface area contributed by atoms with E-state index in [0.717, 1.165) is 47.8 Å². The number of hydrogen-bond acceptors (Lipinski definition) is 3. The summed E-state index contributed by atoms with van der Waals surface area (Å²) in [5.41, 5.74) is -0.145. The summed E-state index contributed by atoms with van der Waals surface area (Å²) in [6, 6.07) is 13.1. The molecule has 0 N–H and O–H groups in total. The summed E-state index contributed by atoms with van der Waals surface area (Å²) in [5.74, 6) is 2.54. The van der Waals surface area contributed by atoms with Crippen LogP contribution in [0.4, 0.5) is 0 Å². The number of rotatable bonds is 3. The molecule has 0 atom stereocenters. The molecule has 4 saturated carbocycles. The molecule has 5 fully saturated rings. The highest BCUT2D eigenvalue weighted by Crippen LogP contribution is 2.60. The van der Waals surface area contributed by atoms with E-state index in [1.807, 2.05) is 35.2 Å². The standard InChI is InChI=1S/C25H30N2O3S/c28-24(25-15-18-11-19(16-25)13-20(12-18)17-25)26-7-9-27(10-8-26)31(29,30)23-6-5-21-3-1-2-4-22(21)14-23/h1-6,14,18-20H,7-13,15-17H2. The fraction of sp³-hybridized carbons (Fsp3) is 0.560. The molecular weight excluding hydrogens is 408 g/mol. The Bertz CT molecular complexity index is 1100. The normalized spacial score (nSPS) is 33.2. The number of piperazine rings is 1. The van der Waals surface area contributed by atoms with E-state index in [2.05, 4.69) is 0 Å². The third-order valence-corrected chi connectivity index (χ3v) is 10.3. The average Bonchev–Trinajstić information content (AvgIpc) is 2.77. The Morgan fingerprint density at radius 2 is 1.39 bits per heavy atom. The minimum Gasteiger partial charge on any atom is -0.340 e. The van der Waals surface area contributed by atoms with Crippen molar-refractivity contribution in [2.75, 3.05) is 26.2 Å². The quantitative estimate of drug-likeness (QED) is 0.731. The minimum absolute atomic E-state index is 0.145. The number of sulfonamides is 1. The van der Waals surface area contributed by atoms with Crippen molar-refractivity contribution in [2.45, 2.75) is 43.4 Å². The van der Waals surface area contributed by atoms with E-state index in [1.54, 1.807) is 16.4 Å². The number of carbonyl (C=O) groups is 1. The molecule has 6 heteroatoms. The van der Waals surface area contributed by atoms with Gasteiger partial charge in [0.1, 0.15) is 0 Å². The van der Waals surface area contributed by atoms with Crippen LogP contribution in [0.3, 0.4) is 0 Å². The SMILES string of the molecule is O=C(N1CCN(S(=O)(=O)c2ccc3ccccc3c2)CC1)C12CC3CC(CC(C3)C1)C2. The van der Waals surface area contributed by atoms with Crippen molar-refractivity contribution in [3.05, 3.63) is 42.5 Å². The molecule has 1 amide bonds. The van der Waals surface area contributed by atoms with E-state index in [1.165, 1.54) is 19.3 Å². The molecule has 1 aliphatic heterocycles. The number of carbonyl (C=O) groups excluding carboxylic acids is 1. The lowest BCUT2D eigenvalue weighted by molar-refractivity contribution is -0.158. The van der Waals surface area contributed by atoms with E-state index in [-0.39, 0.29) is 5.41 Å². The van der Waals surface area contributed by atoms with Gasteiger partial charge in [0, 0.05) is 26.2 Å². The van der Waals surface area contributed by atoms with Gasteiger partial charge in [0.05, 0.1) is 10.3 Å². The molecule has 164 valence electrons. The van der Waals surface area contributed by atoms with E-state index in [0.29, 0.717) is 37.0 Å². The smallest absolute Gasteiger partial charge is 0.243 e. The number of hydrogen-bond donors (Lipinski definition) is 0. The molecule has 2 aromatic carbocycles. The summed E-state index contributed by atoms with van der Waals surface area (Å²) in [5, 5.41) is 1.96. The first-order chi connectivity index (χ1) is 14.9. The van der Waals surface area contributed by atoms with Crippen LogP contribution in [-0.2, 0) is 14.8 Å². The summed E-state index contributed by atoms with van der Waals surface area (Å²) in [6.07, 6.45) is 7.16. The molecule has 4 aliphatic carbocycles. The van der Waals surface area contributed by atoms with Crippen LogP contribution < -0.4 is 0 Å². The largest absolute Gasteiger partial charge is 0.340 e. The van der Waals surface area contributed by atoms with Crippen LogP contribution in [-0.4, -0.2) is 49.7 Å². The number of amides is 1. The van der Waals surface area contributed by atoms with Crippen molar-refractivity contribution in [2.24, 2.45) is 23.2 Å². The summed E-state index contributed by atoms with van der Waals surface area (Å²) in [4.78, 5) is 15.9. The third-order valence-electron chi connectivity index (χ3n) is 8.38. The van der Waals surface area contributed by atoms with E-state index < -0.39 is 10.0 Å². The average molecular weight is 439 g/mol. The maximum Gasteiger partial charge on any atom is 0.243 e. The fourth-order valence-electron chi connectivity index (χ4n) is 7.32. The first kappa shape index (κ1) is 19.7. The lowest BCUT2D eigenvalue weighted by Crippen LogP contribution is -2.58. The van der Waals surface area contributed by atoms with Crippen molar-refractivity contribution >= 4 is 26.7 Å². The Morgan fingerprint density at radius 1 is 0.806 bits per heavy atom. The van der Waals surface area contributed by atoms with E-state index in [9.17, 15) is 13.2 Å². The summed E-state index contributed by atoms with van der Waals surface area (Å²) in [7, 11) is -3.55. The molecule has 0 spiro atoms. The van der Waals surface area contributed by atoms with Gasteiger partial charge >= 0.3 is 0 Å². The second kappa shape index (κ2) is 7.04. The van der Waals surface area contributed by atoms with Crippen molar-refractivity contribution in [1.82, 2.24) is 9.21 Å². The van der Waals surface area contributed by atoms with Crippen LogP contribution in [0.2, 0.25) is 0 Å². The zero-order valence-corrected chi connectivity index (χ0v) is 18.7. The van der Waals surface area contributed by atoms with Crippen LogP contribution in [0, 0.1) is 23.2 Å². The zero-order chi connectivity index (χ0) is 21.2. The maximum atomic E-state index is 13.6. The first-order valence-electron chi connectivity index (χ1n) is 11.7. The molecular formula is C25H30N2O3S. The summed E-state index contributed by atoms with van der Waals surface area (Å²) >= 11 is 0. The molecule has 2 aromatic rings. The van der Waals surface area contributed by atoms with Gasteiger partial charge in [-0.15, -0.1) is 0 Å². The monoisotopic (exact) mass is 438 g/mol. The van der Waals surface area contributed by atoms with Gasteiger partial charge in [-0.05, 0) is 79.2 Å². The lowest BCUT2D eigenvalue weighted by Gasteiger charge is -2.57. The van der Waals surface area contributed by atoms with Crippen molar-refractivity contribution in [3.63, 3.8) is 0 Å². The van der Waals surface area contributed by atoms with Gasteiger partial charge in [0.25, 0.3) is 0 Å². The van der Waals surface area contributed by atoms with Gasteiger partial charge < -0.3 is 4.90 Å². The Balaban J connectivity index is 1.17. The van der Waals surface area contributed by atoms with E-state index >= 15 is 0 Å². The van der Waals surface area contributed by atoms with E-state index in [4.69, 9.17) is 0 Å². The Hall–Kier alpha value is -1.92. The van der Waals surface area contributed by atoms with Gasteiger partial charge in [0.15, 0.2) is 0 Å². The second-order valence-corrected chi connectivity index (χ2v) is 12.3. The molecule has 0 radical (unpaired) electrons. The van der Waals surface area contributed by atoms with Gasteiger partial charge in [-0.3, -0.25) is 4.79 Å². The molecule has 7 rings (SSSR count). The number of fused-ring (bicyclic) bond motifs is 1. The van der Waals surface area contributed by atoms with Crippen LogP contribution >= 0.6 is 0 Å². The fourth-order valence-corrected chi connectivity index (χ4v) is 8.77. The number of nitrogens with zero attached hydrogens (tertiary/aromatic N) is 2. The van der Waals surface area contributed by atoms with Crippen molar-refractivity contribution < 1.29 is 13.2 Å². The molecule has 4 bridgehead atoms. The van der Waals surface area contributed by atoms with Gasteiger partial charge in [0.2, 0.25) is 15.9 Å². The van der Waals surface area contributed by atoms with Crippen molar-refractivity contribution in [3.8, 4) is 0 Å². The molecule has 0 aromatic heterocycles. The van der Waals surface area contributed by atoms with Gasteiger partial charge in [-0.1, -0.05) is 30.3 Å². The summed E-state index contributed by atoms with van der Waals surface area (Å²) in [6.45, 7) is 1.78. The molecule has 5 nitrogen and oxygen atoms in total. The third kappa shape index (κ3) is 3.21. The maximum absolute atomic E-state index is 13.6. The van der Waals surface area contributed by atoms with Crippen LogP contribution in [0.25, 0.3) is 10.8 Å². The molecule has 0 unspecified atom stereocenters. The predicted octanol–water partition coefficient (Wildman–Crippen LogP) is 3.89.